The summed E-state index contributed by atoms with van der Waals surface area (Å²) in [5.74, 6) is 1.56. The van der Waals surface area contributed by atoms with E-state index < -0.39 is 0 Å². The lowest BCUT2D eigenvalue weighted by Crippen LogP contribution is -2.23. The molecule has 0 amide bonds. The molecule has 0 radical (unpaired) electrons. The molecule has 4 rings (SSSR count). The number of phenols is 2. The van der Waals surface area contributed by atoms with E-state index >= 15 is 0 Å². The van der Waals surface area contributed by atoms with Gasteiger partial charge in [0.1, 0.15) is 17.6 Å². The zero-order valence-electron chi connectivity index (χ0n) is 15.1. The van der Waals surface area contributed by atoms with Crippen molar-refractivity contribution in [2.24, 2.45) is 0 Å². The second-order valence-corrected chi connectivity index (χ2v) is 7.33. The van der Waals surface area contributed by atoms with Gasteiger partial charge in [-0.05, 0) is 18.2 Å². The van der Waals surface area contributed by atoms with Crippen LogP contribution in [0.25, 0.3) is 0 Å². The fraction of sp³-hybridized carbons (Fsp3) is 0.333. The van der Waals surface area contributed by atoms with Gasteiger partial charge in [0.25, 0.3) is 0 Å². The largest absolute Gasteiger partial charge is 0.508 e. The number of benzene rings is 2. The average Bonchev–Trinajstić information content (AvgIpc) is 3.00. The summed E-state index contributed by atoms with van der Waals surface area (Å²) in [6.45, 7) is 8.36. The number of hydrogen-bond donors (Lipinski definition) is 2. The van der Waals surface area contributed by atoms with Gasteiger partial charge >= 0.3 is 0 Å². The quantitative estimate of drug-likeness (QED) is 0.810. The Bertz CT molecular complexity index is 900. The van der Waals surface area contributed by atoms with Crippen molar-refractivity contribution >= 4 is 0 Å². The number of methoxy groups -OCH3 is 1. The Balaban J connectivity index is 1.87. The Kier molecular flexibility index (Phi) is 3.58. The molecule has 2 unspecified atom stereocenters. The first-order chi connectivity index (χ1) is 12.4. The Morgan fingerprint density at radius 1 is 1.23 bits per heavy atom. The number of hydrogen-bond acceptors (Lipinski definition) is 5. The van der Waals surface area contributed by atoms with Crippen LogP contribution >= 0.6 is 0 Å². The van der Waals surface area contributed by atoms with E-state index in [4.69, 9.17) is 14.2 Å². The van der Waals surface area contributed by atoms with Gasteiger partial charge in [-0.1, -0.05) is 19.9 Å². The highest BCUT2D eigenvalue weighted by Crippen LogP contribution is 2.58. The number of allylic oxidation sites excluding steroid dienone is 1. The topological polar surface area (TPSA) is 68.2 Å². The third kappa shape index (κ3) is 2.23. The summed E-state index contributed by atoms with van der Waals surface area (Å²) in [4.78, 5) is 0. The molecule has 26 heavy (non-hydrogen) atoms. The zero-order valence-corrected chi connectivity index (χ0v) is 15.1. The van der Waals surface area contributed by atoms with Crippen LogP contribution in [-0.4, -0.2) is 23.9 Å². The molecule has 0 fully saturated rings. The molecule has 2 aliphatic heterocycles. The molecule has 2 heterocycles. The second kappa shape index (κ2) is 5.59. The molecule has 0 bridgehead atoms. The van der Waals surface area contributed by atoms with Gasteiger partial charge in [0.2, 0.25) is 5.75 Å². The molecular weight excluding hydrogens is 332 g/mol. The zero-order chi connectivity index (χ0) is 18.6. The van der Waals surface area contributed by atoms with E-state index in [9.17, 15) is 10.2 Å². The number of phenolic OH excluding ortho intramolecular Hbond substituents is 2. The van der Waals surface area contributed by atoms with Crippen molar-refractivity contribution in [2.75, 3.05) is 13.7 Å². The van der Waals surface area contributed by atoms with E-state index in [2.05, 4.69) is 6.58 Å². The van der Waals surface area contributed by atoms with E-state index in [-0.39, 0.29) is 28.9 Å². The first kappa shape index (κ1) is 16.6. The van der Waals surface area contributed by atoms with Gasteiger partial charge in [0.15, 0.2) is 11.5 Å². The molecule has 2 aromatic carbocycles. The predicted molar refractivity (Wildman–Crippen MR) is 97.6 cm³/mol. The molecule has 0 spiro atoms. The molecule has 2 atom stereocenters. The summed E-state index contributed by atoms with van der Waals surface area (Å²) < 4.78 is 17.5. The van der Waals surface area contributed by atoms with Gasteiger partial charge in [0, 0.05) is 28.2 Å². The second-order valence-electron chi connectivity index (χ2n) is 7.33. The van der Waals surface area contributed by atoms with Crippen LogP contribution in [0.1, 0.15) is 42.6 Å². The highest BCUT2D eigenvalue weighted by atomic mass is 16.5. The fourth-order valence-electron chi connectivity index (χ4n) is 3.74. The van der Waals surface area contributed by atoms with Crippen LogP contribution < -0.4 is 14.2 Å². The van der Waals surface area contributed by atoms with Crippen molar-refractivity contribution in [3.8, 4) is 28.7 Å². The van der Waals surface area contributed by atoms with Crippen LogP contribution in [0.2, 0.25) is 0 Å². The number of rotatable bonds is 3. The summed E-state index contributed by atoms with van der Waals surface area (Å²) in [6, 6.07) is 7.03. The molecule has 136 valence electrons. The molecule has 2 aromatic rings. The molecular formula is C21H22O5. The fourth-order valence-corrected chi connectivity index (χ4v) is 3.74. The first-order valence-corrected chi connectivity index (χ1v) is 8.57. The van der Waals surface area contributed by atoms with Gasteiger partial charge < -0.3 is 24.4 Å². The summed E-state index contributed by atoms with van der Waals surface area (Å²) in [6.07, 6.45) is 1.56. The molecule has 0 aromatic heterocycles. The number of ether oxygens (including phenoxy) is 3. The van der Waals surface area contributed by atoms with Crippen LogP contribution in [0.3, 0.4) is 0 Å². The summed E-state index contributed by atoms with van der Waals surface area (Å²) in [5, 5.41) is 20.5. The maximum absolute atomic E-state index is 10.8. The molecule has 0 saturated heterocycles. The Morgan fingerprint density at radius 3 is 2.69 bits per heavy atom. The highest BCUT2D eigenvalue weighted by Gasteiger charge is 2.44. The molecule has 0 aliphatic carbocycles. The minimum atomic E-state index is -0.380. The maximum atomic E-state index is 10.8. The van der Waals surface area contributed by atoms with Crippen LogP contribution in [0.5, 0.6) is 28.7 Å². The van der Waals surface area contributed by atoms with Crippen molar-refractivity contribution in [2.45, 2.75) is 31.3 Å². The standard InChI is InChI=1S/C21H22O5/c1-5-21(2,3)15-9-13-14-10-25-16-8-11(22)6-7-12(16)18(14)26-19(13)17(23)20(15)24-4/h5-9,14,18,22-23H,1,10H2,2-4H3. The summed E-state index contributed by atoms with van der Waals surface area (Å²) in [7, 11) is 1.54. The third-order valence-corrected chi connectivity index (χ3v) is 5.38. The van der Waals surface area contributed by atoms with Gasteiger partial charge in [0.05, 0.1) is 19.6 Å². The Morgan fingerprint density at radius 2 is 2.00 bits per heavy atom. The van der Waals surface area contributed by atoms with Crippen molar-refractivity contribution in [3.05, 3.63) is 53.6 Å². The van der Waals surface area contributed by atoms with Crippen LogP contribution in [0, 0.1) is 0 Å². The van der Waals surface area contributed by atoms with Crippen molar-refractivity contribution < 1.29 is 24.4 Å². The Hall–Kier alpha value is -2.82. The average molecular weight is 354 g/mol. The lowest BCUT2D eigenvalue weighted by molar-refractivity contribution is 0.136. The van der Waals surface area contributed by atoms with Crippen molar-refractivity contribution in [1.29, 1.82) is 0 Å². The van der Waals surface area contributed by atoms with Crippen molar-refractivity contribution in [3.63, 3.8) is 0 Å². The first-order valence-electron chi connectivity index (χ1n) is 8.57. The lowest BCUT2D eigenvalue weighted by Gasteiger charge is -2.28. The van der Waals surface area contributed by atoms with E-state index in [0.717, 1.165) is 16.7 Å². The smallest absolute Gasteiger partial charge is 0.201 e. The molecule has 2 N–H and O–H groups in total. The number of fused-ring (bicyclic) bond motifs is 5. The van der Waals surface area contributed by atoms with Gasteiger partial charge in [-0.2, -0.15) is 0 Å². The van der Waals surface area contributed by atoms with E-state index in [1.807, 2.05) is 26.0 Å². The summed E-state index contributed by atoms with van der Waals surface area (Å²) in [5.41, 5.74) is 2.23. The highest BCUT2D eigenvalue weighted by molar-refractivity contribution is 5.65. The van der Waals surface area contributed by atoms with Crippen LogP contribution in [0.4, 0.5) is 0 Å². The molecule has 2 aliphatic rings. The van der Waals surface area contributed by atoms with Gasteiger partial charge in [-0.25, -0.2) is 0 Å². The van der Waals surface area contributed by atoms with Crippen molar-refractivity contribution in [1.82, 2.24) is 0 Å². The minimum Gasteiger partial charge on any atom is -0.508 e. The SMILES string of the molecule is C=CC(C)(C)c1cc2c(c(O)c1OC)OC1c3ccc(O)cc3OCC21. The van der Waals surface area contributed by atoms with E-state index in [1.165, 1.54) is 7.11 Å². The van der Waals surface area contributed by atoms with Gasteiger partial charge in [-0.15, -0.1) is 6.58 Å². The van der Waals surface area contributed by atoms with Gasteiger partial charge in [-0.3, -0.25) is 0 Å². The van der Waals surface area contributed by atoms with Crippen LogP contribution in [-0.2, 0) is 5.41 Å². The predicted octanol–water partition coefficient (Wildman–Crippen LogP) is 4.18. The lowest BCUT2D eigenvalue weighted by atomic mass is 9.80. The molecule has 5 nitrogen and oxygen atoms in total. The number of aromatic hydroxyl groups is 2. The van der Waals surface area contributed by atoms with Crippen LogP contribution in [0.15, 0.2) is 36.9 Å². The molecule has 5 heteroatoms. The Labute approximate surface area is 152 Å². The minimum absolute atomic E-state index is 0.00431. The van der Waals surface area contributed by atoms with E-state index in [1.54, 1.807) is 18.2 Å². The monoisotopic (exact) mass is 354 g/mol. The normalized spacial score (nSPS) is 20.3. The molecule has 0 saturated carbocycles. The third-order valence-electron chi connectivity index (χ3n) is 5.38. The summed E-state index contributed by atoms with van der Waals surface area (Å²) >= 11 is 0. The van der Waals surface area contributed by atoms with E-state index in [0.29, 0.717) is 23.9 Å². The maximum Gasteiger partial charge on any atom is 0.201 e.